The minimum Gasteiger partial charge on any atom is -0.372 e. The van der Waals surface area contributed by atoms with Gasteiger partial charge in [-0.15, -0.1) is 0 Å². The highest BCUT2D eigenvalue weighted by Crippen LogP contribution is 2.31. The third-order valence-corrected chi connectivity index (χ3v) is 8.12. The van der Waals surface area contributed by atoms with Crippen LogP contribution in [0.1, 0.15) is 55.6 Å². The van der Waals surface area contributed by atoms with Crippen molar-refractivity contribution in [2.45, 2.75) is 56.3 Å². The third-order valence-electron chi connectivity index (χ3n) is 6.80. The second-order valence-electron chi connectivity index (χ2n) is 9.26. The summed E-state index contributed by atoms with van der Waals surface area (Å²) in [4.78, 5) is 26.2. The lowest BCUT2D eigenvalue weighted by Crippen LogP contribution is -2.39. The summed E-state index contributed by atoms with van der Waals surface area (Å²) >= 11 is 0. The molecule has 2 aromatic carbocycles. The molecule has 0 spiro atoms. The summed E-state index contributed by atoms with van der Waals surface area (Å²) in [7, 11) is -3.70. The van der Waals surface area contributed by atoms with Gasteiger partial charge < -0.3 is 4.90 Å². The van der Waals surface area contributed by atoms with Gasteiger partial charge in [-0.2, -0.15) is 8.42 Å². The van der Waals surface area contributed by atoms with Crippen LogP contribution in [0.5, 0.6) is 0 Å². The van der Waals surface area contributed by atoms with Gasteiger partial charge in [0, 0.05) is 25.2 Å². The van der Waals surface area contributed by atoms with Gasteiger partial charge in [0.25, 0.3) is 10.1 Å². The Kier molecular flexibility index (Phi) is 7.68. The Morgan fingerprint density at radius 3 is 2.47 bits per heavy atom. The molecule has 1 N–H and O–H groups in total. The highest BCUT2D eigenvalue weighted by atomic mass is 32.2. The molecule has 1 atom stereocenters. The highest BCUT2D eigenvalue weighted by molar-refractivity contribution is 7.86. The quantitative estimate of drug-likeness (QED) is 0.347. The molecule has 2 saturated heterocycles. The van der Waals surface area contributed by atoms with Crippen LogP contribution < -0.4 is 10.2 Å². The van der Waals surface area contributed by atoms with E-state index in [1.54, 1.807) is 24.3 Å². The van der Waals surface area contributed by atoms with Gasteiger partial charge in [-0.25, -0.2) is 0 Å². The van der Waals surface area contributed by atoms with Gasteiger partial charge in [0.2, 0.25) is 11.8 Å². The molecule has 7 nitrogen and oxygen atoms in total. The van der Waals surface area contributed by atoms with E-state index in [1.165, 1.54) is 0 Å². The molecule has 34 heavy (non-hydrogen) atoms. The summed E-state index contributed by atoms with van der Waals surface area (Å²) < 4.78 is 29.8. The van der Waals surface area contributed by atoms with Crippen molar-refractivity contribution in [2.75, 3.05) is 24.6 Å². The lowest BCUT2D eigenvalue weighted by Gasteiger charge is -2.34. The van der Waals surface area contributed by atoms with Gasteiger partial charge >= 0.3 is 0 Å². The maximum atomic E-state index is 12.3. The van der Waals surface area contributed by atoms with Crippen molar-refractivity contribution < 1.29 is 22.2 Å². The molecule has 2 heterocycles. The molecule has 1 unspecified atom stereocenters. The van der Waals surface area contributed by atoms with E-state index in [-0.39, 0.29) is 29.2 Å². The monoisotopic (exact) mass is 484 g/mol. The molecule has 2 aliphatic heterocycles. The van der Waals surface area contributed by atoms with Gasteiger partial charge in [-0.1, -0.05) is 29.8 Å². The van der Waals surface area contributed by atoms with Crippen LogP contribution >= 0.6 is 0 Å². The van der Waals surface area contributed by atoms with E-state index < -0.39 is 10.1 Å². The smallest absolute Gasteiger partial charge is 0.296 e. The number of anilines is 1. The number of piperidine rings is 2. The molecule has 2 aromatic rings. The van der Waals surface area contributed by atoms with E-state index in [0.717, 1.165) is 49.2 Å². The molecule has 0 saturated carbocycles. The summed E-state index contributed by atoms with van der Waals surface area (Å²) in [5, 5.41) is 2.44. The van der Waals surface area contributed by atoms with Crippen LogP contribution in [-0.2, 0) is 23.9 Å². The first kappa shape index (κ1) is 24.4. The van der Waals surface area contributed by atoms with Crippen LogP contribution in [-0.4, -0.2) is 39.9 Å². The number of rotatable bonds is 8. The average molecular weight is 485 g/mol. The maximum Gasteiger partial charge on any atom is 0.296 e. The molecule has 2 amide bonds. The second-order valence-corrected chi connectivity index (χ2v) is 10.9. The first-order chi connectivity index (χ1) is 16.3. The van der Waals surface area contributed by atoms with Gasteiger partial charge in [-0.05, 0) is 74.8 Å². The van der Waals surface area contributed by atoms with Crippen molar-refractivity contribution in [3.8, 4) is 0 Å². The zero-order valence-corrected chi connectivity index (χ0v) is 20.4. The fourth-order valence-corrected chi connectivity index (χ4v) is 5.69. The van der Waals surface area contributed by atoms with Crippen LogP contribution in [0.25, 0.3) is 0 Å². The molecule has 2 fully saturated rings. The second kappa shape index (κ2) is 10.7. The first-order valence-electron chi connectivity index (χ1n) is 12.0. The van der Waals surface area contributed by atoms with Crippen molar-refractivity contribution in [3.05, 3.63) is 59.7 Å². The SMILES string of the molecule is Cc1ccc(S(=O)(=O)OCCCC2CCN(c3cccc(C4CCC(=O)NC4=O)c3)CC2)cc1. The van der Waals surface area contributed by atoms with E-state index in [2.05, 4.69) is 22.3 Å². The number of carbonyl (C=O) groups excluding carboxylic acids is 2. The molecule has 2 aliphatic rings. The predicted octanol–water partition coefficient (Wildman–Crippen LogP) is 3.92. The number of imide groups is 1. The number of carbonyl (C=O) groups is 2. The van der Waals surface area contributed by atoms with Gasteiger partial charge in [0.15, 0.2) is 0 Å². The van der Waals surface area contributed by atoms with E-state index in [9.17, 15) is 18.0 Å². The Morgan fingerprint density at radius 2 is 1.76 bits per heavy atom. The van der Waals surface area contributed by atoms with E-state index >= 15 is 0 Å². The number of aryl methyl sites for hydroxylation is 1. The zero-order chi connectivity index (χ0) is 24.1. The van der Waals surface area contributed by atoms with E-state index in [0.29, 0.717) is 25.2 Å². The van der Waals surface area contributed by atoms with Crippen molar-refractivity contribution >= 4 is 27.6 Å². The summed E-state index contributed by atoms with van der Waals surface area (Å²) in [5.41, 5.74) is 3.07. The fourth-order valence-electron chi connectivity index (χ4n) is 4.74. The van der Waals surface area contributed by atoms with Gasteiger partial charge in [0.1, 0.15) is 0 Å². The zero-order valence-electron chi connectivity index (χ0n) is 19.5. The minimum absolute atomic E-state index is 0.197. The Morgan fingerprint density at radius 1 is 1.03 bits per heavy atom. The number of hydrogen-bond donors (Lipinski definition) is 1. The number of amides is 2. The number of nitrogens with one attached hydrogen (secondary N) is 1. The summed E-state index contributed by atoms with van der Waals surface area (Å²) in [5.74, 6) is -0.136. The molecular formula is C26H32N2O5S. The van der Waals surface area contributed by atoms with Crippen LogP contribution in [0.4, 0.5) is 5.69 Å². The molecule has 0 aromatic heterocycles. The van der Waals surface area contributed by atoms with Gasteiger partial charge in [0.05, 0.1) is 17.4 Å². The standard InChI is InChI=1S/C26H32N2O5S/c1-19-7-9-23(10-8-19)34(31,32)33-17-3-4-20-13-15-28(16-14-20)22-6-2-5-21(18-22)24-11-12-25(29)27-26(24)30/h2,5-10,18,20,24H,3-4,11-17H2,1H3,(H,27,29,30). The lowest BCUT2D eigenvalue weighted by atomic mass is 9.89. The van der Waals surface area contributed by atoms with Crippen LogP contribution in [0.3, 0.4) is 0 Å². The average Bonchev–Trinajstić information content (AvgIpc) is 2.83. The summed E-state index contributed by atoms with van der Waals surface area (Å²) in [6, 6.07) is 14.8. The molecular weight excluding hydrogens is 452 g/mol. The van der Waals surface area contributed by atoms with E-state index in [4.69, 9.17) is 4.18 Å². The van der Waals surface area contributed by atoms with Crippen molar-refractivity contribution in [1.29, 1.82) is 0 Å². The van der Waals surface area contributed by atoms with E-state index in [1.807, 2.05) is 19.1 Å². The molecule has 8 heteroatoms. The summed E-state index contributed by atoms with van der Waals surface area (Å²) in [6.45, 7) is 3.96. The molecule has 0 bridgehead atoms. The topological polar surface area (TPSA) is 92.8 Å². The number of benzene rings is 2. The van der Waals surface area contributed by atoms with Gasteiger partial charge in [-0.3, -0.25) is 19.1 Å². The minimum atomic E-state index is -3.70. The maximum absolute atomic E-state index is 12.3. The van der Waals surface area contributed by atoms with Crippen LogP contribution in [0.2, 0.25) is 0 Å². The largest absolute Gasteiger partial charge is 0.372 e. The molecule has 182 valence electrons. The Balaban J connectivity index is 1.23. The van der Waals surface area contributed by atoms with Crippen molar-refractivity contribution in [3.63, 3.8) is 0 Å². The van der Waals surface area contributed by atoms with Crippen molar-refractivity contribution in [1.82, 2.24) is 5.32 Å². The predicted molar refractivity (Wildman–Crippen MR) is 130 cm³/mol. The Bertz CT molecular complexity index is 1120. The lowest BCUT2D eigenvalue weighted by molar-refractivity contribution is -0.134. The molecule has 0 aliphatic carbocycles. The summed E-state index contributed by atoms with van der Waals surface area (Å²) in [6.07, 6.45) is 4.65. The normalized spacial score (nSPS) is 19.8. The fraction of sp³-hybridized carbons (Fsp3) is 0.462. The van der Waals surface area contributed by atoms with Crippen LogP contribution in [0.15, 0.2) is 53.4 Å². The number of hydrogen-bond acceptors (Lipinski definition) is 6. The number of nitrogens with zero attached hydrogens (tertiary/aromatic N) is 1. The molecule has 0 radical (unpaired) electrons. The van der Waals surface area contributed by atoms with Crippen LogP contribution in [0, 0.1) is 12.8 Å². The highest BCUT2D eigenvalue weighted by Gasteiger charge is 2.28. The third kappa shape index (κ3) is 6.04. The van der Waals surface area contributed by atoms with Crippen molar-refractivity contribution in [2.24, 2.45) is 5.92 Å². The Labute approximate surface area is 201 Å². The molecule has 4 rings (SSSR count). The first-order valence-corrected chi connectivity index (χ1v) is 13.4. The Hall–Kier alpha value is -2.71.